The number of hydrogen-bond donors (Lipinski definition) is 7. The number of aliphatic carboxylic acids is 1. The van der Waals surface area contributed by atoms with Crippen molar-refractivity contribution in [2.75, 3.05) is 6.61 Å². The number of carboxylic acid groups (broad SMARTS) is 1. The molecule has 0 heterocycles. The minimum atomic E-state index is -2.29. The van der Waals surface area contributed by atoms with Crippen molar-refractivity contribution in [2.45, 2.75) is 30.5 Å². The summed E-state index contributed by atoms with van der Waals surface area (Å²) < 4.78 is 0. The first-order valence-electron chi connectivity index (χ1n) is 4.07. The van der Waals surface area contributed by atoms with Crippen LogP contribution in [-0.2, 0) is 4.79 Å². The summed E-state index contributed by atoms with van der Waals surface area (Å²) in [6.45, 7) is -0.881. The summed E-state index contributed by atoms with van der Waals surface area (Å²) in [5, 5.41) is 61.5. The van der Waals surface area contributed by atoms with E-state index in [1.165, 1.54) is 0 Å². The van der Waals surface area contributed by atoms with Gasteiger partial charge in [0.2, 0.25) is 0 Å². The Labute approximate surface area is 95.6 Å². The molecule has 0 aromatic heterocycles. The zero-order chi connectivity index (χ0) is 12.2. The lowest BCUT2D eigenvalue weighted by molar-refractivity contribution is -0.169. The highest BCUT2D eigenvalue weighted by Crippen LogP contribution is 2.08. The molecule has 0 aliphatic rings. The molecule has 11 N–H and O–H groups in total. The van der Waals surface area contributed by atoms with Crippen molar-refractivity contribution < 1.29 is 51.5 Å². The second-order valence-corrected chi connectivity index (χ2v) is 3.00. The Morgan fingerprint density at radius 1 is 0.882 bits per heavy atom. The van der Waals surface area contributed by atoms with Crippen LogP contribution >= 0.6 is 0 Å². The predicted molar refractivity (Wildman–Crippen MR) is 52.0 cm³/mol. The largest absolute Gasteiger partial charge is 0.479 e. The summed E-state index contributed by atoms with van der Waals surface area (Å²) in [5.74, 6) is -1.78. The predicted octanol–water partition coefficient (Wildman–Crippen LogP) is -5.78. The molecule has 0 radical (unpaired) electrons. The van der Waals surface area contributed by atoms with Gasteiger partial charge in [0.25, 0.3) is 0 Å². The standard InChI is InChI=1S/C7H14O8.2H2O/c8-1-2(9)3(10)4(11)5(12)6(13)7(14)15;;/h2-6,8-13H,1H2,(H,14,15);2*1H2/t2?,3-,4-,5+,6-;;/m1../s1. The van der Waals surface area contributed by atoms with E-state index in [0.717, 1.165) is 0 Å². The lowest BCUT2D eigenvalue weighted by Crippen LogP contribution is -2.51. The first-order valence-corrected chi connectivity index (χ1v) is 4.07. The number of aliphatic hydroxyl groups is 6. The van der Waals surface area contributed by atoms with Gasteiger partial charge in [-0.3, -0.25) is 0 Å². The Kier molecular flexibility index (Phi) is 11.6. The molecule has 1 unspecified atom stereocenters. The van der Waals surface area contributed by atoms with Gasteiger partial charge < -0.3 is 46.7 Å². The molecule has 10 nitrogen and oxygen atoms in total. The van der Waals surface area contributed by atoms with Gasteiger partial charge in [-0.25, -0.2) is 4.79 Å². The third kappa shape index (κ3) is 5.86. The highest BCUT2D eigenvalue weighted by molar-refractivity contribution is 5.72. The molecule has 0 saturated carbocycles. The Hall–Kier alpha value is -0.850. The molecule has 10 heteroatoms. The van der Waals surface area contributed by atoms with Gasteiger partial charge in [0.15, 0.2) is 6.10 Å². The van der Waals surface area contributed by atoms with Gasteiger partial charge in [-0.2, -0.15) is 0 Å². The number of carbonyl (C=O) groups is 1. The molecule has 0 amide bonds. The van der Waals surface area contributed by atoms with Crippen molar-refractivity contribution in [1.29, 1.82) is 0 Å². The van der Waals surface area contributed by atoms with Crippen LogP contribution in [0.5, 0.6) is 0 Å². The van der Waals surface area contributed by atoms with Crippen LogP contribution in [0.2, 0.25) is 0 Å². The second-order valence-electron chi connectivity index (χ2n) is 3.00. The van der Waals surface area contributed by atoms with E-state index in [4.69, 9.17) is 35.7 Å². The lowest BCUT2D eigenvalue weighted by atomic mass is 9.99. The molecule has 106 valence electrons. The smallest absolute Gasteiger partial charge is 0.335 e. The van der Waals surface area contributed by atoms with Crippen molar-refractivity contribution in [3.8, 4) is 0 Å². The minimum absolute atomic E-state index is 0. The Morgan fingerprint density at radius 2 is 1.29 bits per heavy atom. The van der Waals surface area contributed by atoms with Crippen LogP contribution in [-0.4, -0.2) is 89.8 Å². The third-order valence-electron chi connectivity index (χ3n) is 1.86. The van der Waals surface area contributed by atoms with E-state index in [1.807, 2.05) is 0 Å². The molecule has 0 bridgehead atoms. The van der Waals surface area contributed by atoms with E-state index in [9.17, 15) is 4.79 Å². The zero-order valence-corrected chi connectivity index (χ0v) is 8.63. The Morgan fingerprint density at radius 3 is 1.59 bits per heavy atom. The number of hydrogen-bond acceptors (Lipinski definition) is 7. The summed E-state index contributed by atoms with van der Waals surface area (Å²) in [7, 11) is 0. The zero-order valence-electron chi connectivity index (χ0n) is 8.63. The average molecular weight is 262 g/mol. The number of rotatable bonds is 6. The van der Waals surface area contributed by atoms with Crippen molar-refractivity contribution in [3.63, 3.8) is 0 Å². The minimum Gasteiger partial charge on any atom is -0.479 e. The molecule has 17 heavy (non-hydrogen) atoms. The third-order valence-corrected chi connectivity index (χ3v) is 1.86. The molecule has 0 rings (SSSR count). The second kappa shape index (κ2) is 9.21. The first kappa shape index (κ1) is 21.4. The fraction of sp³-hybridized carbons (Fsp3) is 0.857. The van der Waals surface area contributed by atoms with Crippen molar-refractivity contribution in [3.05, 3.63) is 0 Å². The molecule has 0 spiro atoms. The maximum absolute atomic E-state index is 10.2. The monoisotopic (exact) mass is 262 g/mol. The maximum atomic E-state index is 10.2. The van der Waals surface area contributed by atoms with Crippen molar-refractivity contribution in [2.24, 2.45) is 0 Å². The molecule has 0 aliphatic heterocycles. The van der Waals surface area contributed by atoms with E-state index < -0.39 is 43.1 Å². The van der Waals surface area contributed by atoms with Crippen LogP contribution < -0.4 is 0 Å². The van der Waals surface area contributed by atoms with Gasteiger partial charge in [-0.15, -0.1) is 0 Å². The van der Waals surface area contributed by atoms with Crippen LogP contribution in [0.4, 0.5) is 0 Å². The van der Waals surface area contributed by atoms with E-state index in [2.05, 4.69) is 0 Å². The van der Waals surface area contributed by atoms with Gasteiger partial charge in [-0.05, 0) is 0 Å². The maximum Gasteiger partial charge on any atom is 0.335 e. The van der Waals surface area contributed by atoms with E-state index in [-0.39, 0.29) is 11.0 Å². The molecular weight excluding hydrogens is 244 g/mol. The van der Waals surface area contributed by atoms with E-state index in [0.29, 0.717) is 0 Å². The summed E-state index contributed by atoms with van der Waals surface area (Å²) >= 11 is 0. The SMILES string of the molecule is O.O.O=C(O)[C@H](O)[C@@H](O)[C@H](O)[C@H](O)C(O)CO. The first-order chi connectivity index (χ1) is 6.82. The molecule has 5 atom stereocenters. The van der Waals surface area contributed by atoms with Crippen LogP contribution in [0.15, 0.2) is 0 Å². The topological polar surface area (TPSA) is 222 Å². The molecule has 0 fully saturated rings. The molecule has 0 saturated heterocycles. The summed E-state index contributed by atoms with van der Waals surface area (Å²) in [5.41, 5.74) is 0. The molecular formula is C7H18O10. The van der Waals surface area contributed by atoms with Gasteiger partial charge in [-0.1, -0.05) is 0 Å². The highest BCUT2D eigenvalue weighted by atomic mass is 16.4. The fourth-order valence-corrected chi connectivity index (χ4v) is 0.870. The highest BCUT2D eigenvalue weighted by Gasteiger charge is 2.36. The lowest BCUT2D eigenvalue weighted by Gasteiger charge is -2.26. The van der Waals surface area contributed by atoms with Crippen LogP contribution in [0.25, 0.3) is 0 Å². The average Bonchev–Trinajstić information content (AvgIpc) is 2.23. The van der Waals surface area contributed by atoms with Crippen molar-refractivity contribution in [1.82, 2.24) is 0 Å². The van der Waals surface area contributed by atoms with Gasteiger partial charge in [0.05, 0.1) is 6.61 Å². The van der Waals surface area contributed by atoms with Crippen LogP contribution in [0.3, 0.4) is 0 Å². The Bertz CT molecular complexity index is 209. The molecule has 0 aromatic carbocycles. The van der Waals surface area contributed by atoms with Gasteiger partial charge in [0.1, 0.15) is 24.4 Å². The van der Waals surface area contributed by atoms with Gasteiger partial charge in [0, 0.05) is 0 Å². The number of aliphatic hydroxyl groups excluding tert-OH is 6. The summed E-state index contributed by atoms with van der Waals surface area (Å²) in [6, 6.07) is 0. The Balaban J connectivity index is -0.000000980. The normalized spacial score (nSPS) is 18.9. The van der Waals surface area contributed by atoms with E-state index >= 15 is 0 Å². The van der Waals surface area contributed by atoms with Gasteiger partial charge >= 0.3 is 5.97 Å². The quantitative estimate of drug-likeness (QED) is 0.243. The summed E-state index contributed by atoms with van der Waals surface area (Å²) in [6.07, 6.45) is -10.2. The van der Waals surface area contributed by atoms with E-state index in [1.54, 1.807) is 0 Å². The van der Waals surface area contributed by atoms with Crippen molar-refractivity contribution >= 4 is 5.97 Å². The molecule has 0 aromatic rings. The van der Waals surface area contributed by atoms with Crippen LogP contribution in [0, 0.1) is 0 Å². The fourth-order valence-electron chi connectivity index (χ4n) is 0.870. The molecule has 0 aliphatic carbocycles. The van der Waals surface area contributed by atoms with Crippen LogP contribution in [0.1, 0.15) is 0 Å². The number of carboxylic acids is 1. The summed E-state index contributed by atoms with van der Waals surface area (Å²) in [4.78, 5) is 10.2.